The van der Waals surface area contributed by atoms with Gasteiger partial charge in [-0.15, -0.1) is 0 Å². The molecule has 1 aromatic heterocycles. The van der Waals surface area contributed by atoms with Crippen molar-refractivity contribution >= 4 is 23.3 Å². The van der Waals surface area contributed by atoms with Gasteiger partial charge in [0.05, 0.1) is 17.8 Å². The molecule has 1 fully saturated rings. The standard InChI is InChI=1S/C15H15F3N4O2/c1-3-12(23)21-4-5-22-11(8-21)14(24)20(2)10-6-9(15(16,17)18)7-19-13(10)22/h3,6-7,11H,1,4-5,8H2,2H3. The Morgan fingerprint density at radius 1 is 1.42 bits per heavy atom. The Kier molecular flexibility index (Phi) is 3.73. The maximum Gasteiger partial charge on any atom is 0.417 e. The van der Waals surface area contributed by atoms with Crippen LogP contribution in [0.4, 0.5) is 24.7 Å². The summed E-state index contributed by atoms with van der Waals surface area (Å²) >= 11 is 0. The minimum Gasteiger partial charge on any atom is -0.339 e. The number of nitrogens with zero attached hydrogens (tertiary/aromatic N) is 4. The van der Waals surface area contributed by atoms with Crippen molar-refractivity contribution in [3.8, 4) is 0 Å². The summed E-state index contributed by atoms with van der Waals surface area (Å²) in [6.07, 6.45) is -2.59. The molecule has 0 bridgehead atoms. The molecule has 9 heteroatoms. The van der Waals surface area contributed by atoms with Crippen LogP contribution >= 0.6 is 0 Å². The lowest BCUT2D eigenvalue weighted by Crippen LogP contribution is -2.63. The van der Waals surface area contributed by atoms with Gasteiger partial charge in [-0.1, -0.05) is 6.58 Å². The van der Waals surface area contributed by atoms with Crippen molar-refractivity contribution in [1.29, 1.82) is 0 Å². The van der Waals surface area contributed by atoms with Gasteiger partial charge < -0.3 is 14.7 Å². The first-order chi connectivity index (χ1) is 11.2. The molecule has 3 rings (SSSR count). The van der Waals surface area contributed by atoms with E-state index in [1.54, 1.807) is 4.90 Å². The lowest BCUT2D eigenvalue weighted by atomic mass is 10.0. The van der Waals surface area contributed by atoms with E-state index in [9.17, 15) is 22.8 Å². The number of piperazine rings is 1. The Morgan fingerprint density at radius 3 is 2.75 bits per heavy atom. The Labute approximate surface area is 136 Å². The van der Waals surface area contributed by atoms with Crippen molar-refractivity contribution in [3.63, 3.8) is 0 Å². The van der Waals surface area contributed by atoms with E-state index < -0.39 is 17.8 Å². The second kappa shape index (κ2) is 5.50. The topological polar surface area (TPSA) is 56.8 Å². The predicted molar refractivity (Wildman–Crippen MR) is 80.6 cm³/mol. The summed E-state index contributed by atoms with van der Waals surface area (Å²) in [5.41, 5.74) is -0.783. The van der Waals surface area contributed by atoms with Crippen molar-refractivity contribution in [3.05, 3.63) is 30.5 Å². The average molecular weight is 340 g/mol. The first-order valence-corrected chi connectivity index (χ1v) is 7.27. The molecule has 1 atom stereocenters. The summed E-state index contributed by atoms with van der Waals surface area (Å²) in [5.74, 6) is -0.331. The van der Waals surface area contributed by atoms with Gasteiger partial charge in [0.15, 0.2) is 5.82 Å². The van der Waals surface area contributed by atoms with Crippen LogP contribution in [0.1, 0.15) is 5.56 Å². The number of halogens is 3. The number of alkyl halides is 3. The lowest BCUT2D eigenvalue weighted by Gasteiger charge is -2.46. The molecule has 1 aromatic rings. The molecule has 2 aliphatic heterocycles. The smallest absolute Gasteiger partial charge is 0.339 e. The molecule has 0 spiro atoms. The molecule has 128 valence electrons. The molecular formula is C15H15F3N4O2. The number of fused-ring (bicyclic) bond motifs is 3. The van der Waals surface area contributed by atoms with E-state index in [4.69, 9.17) is 0 Å². The molecule has 0 aliphatic carbocycles. The Hall–Kier alpha value is -2.58. The van der Waals surface area contributed by atoms with Crippen LogP contribution in [0.5, 0.6) is 0 Å². The molecule has 1 unspecified atom stereocenters. The van der Waals surface area contributed by atoms with Gasteiger partial charge in [-0.3, -0.25) is 9.59 Å². The molecule has 6 nitrogen and oxygen atoms in total. The van der Waals surface area contributed by atoms with Crippen molar-refractivity contribution in [2.45, 2.75) is 12.2 Å². The molecule has 24 heavy (non-hydrogen) atoms. The number of carbonyl (C=O) groups excluding carboxylic acids is 2. The van der Waals surface area contributed by atoms with Gasteiger partial charge in [0, 0.05) is 26.3 Å². The number of anilines is 2. The highest BCUT2D eigenvalue weighted by Gasteiger charge is 2.43. The quantitative estimate of drug-likeness (QED) is 0.723. The molecular weight excluding hydrogens is 325 g/mol. The third-order valence-electron chi connectivity index (χ3n) is 4.29. The van der Waals surface area contributed by atoms with Crippen molar-refractivity contribution in [2.75, 3.05) is 36.5 Å². The van der Waals surface area contributed by atoms with Crippen LogP contribution in [0, 0.1) is 0 Å². The summed E-state index contributed by atoms with van der Waals surface area (Å²) < 4.78 is 38.7. The third-order valence-corrected chi connectivity index (χ3v) is 4.29. The van der Waals surface area contributed by atoms with E-state index >= 15 is 0 Å². The molecule has 3 heterocycles. The Morgan fingerprint density at radius 2 is 2.12 bits per heavy atom. The van der Waals surface area contributed by atoms with Gasteiger partial charge in [0.1, 0.15) is 6.04 Å². The highest BCUT2D eigenvalue weighted by molar-refractivity contribution is 6.05. The average Bonchev–Trinajstić information content (AvgIpc) is 2.57. The summed E-state index contributed by atoms with van der Waals surface area (Å²) in [4.78, 5) is 32.6. The van der Waals surface area contributed by atoms with Crippen molar-refractivity contribution in [2.24, 2.45) is 0 Å². The SMILES string of the molecule is C=CC(=O)N1CCN2c3ncc(C(F)(F)F)cc3N(C)C(=O)C2C1. The number of likely N-dealkylation sites (N-methyl/N-ethyl adjacent to an activating group) is 1. The third kappa shape index (κ3) is 2.49. The Bertz CT molecular complexity index is 719. The number of pyridine rings is 1. The van der Waals surface area contributed by atoms with Crippen molar-refractivity contribution in [1.82, 2.24) is 9.88 Å². The van der Waals surface area contributed by atoms with E-state index in [0.29, 0.717) is 18.9 Å². The fraction of sp³-hybridized carbons (Fsp3) is 0.400. The van der Waals surface area contributed by atoms with Crippen LogP contribution in [-0.2, 0) is 15.8 Å². The van der Waals surface area contributed by atoms with Crippen LogP contribution in [0.25, 0.3) is 0 Å². The van der Waals surface area contributed by atoms with E-state index in [-0.39, 0.29) is 24.0 Å². The zero-order valence-corrected chi connectivity index (χ0v) is 12.9. The van der Waals surface area contributed by atoms with Gasteiger partial charge in [-0.25, -0.2) is 4.98 Å². The normalized spacial score (nSPS) is 20.6. The van der Waals surface area contributed by atoms with Crippen LogP contribution in [0.15, 0.2) is 24.9 Å². The molecule has 2 aliphatic rings. The first kappa shape index (κ1) is 16.3. The molecule has 0 saturated carbocycles. The maximum atomic E-state index is 12.9. The number of hydrogen-bond acceptors (Lipinski definition) is 4. The summed E-state index contributed by atoms with van der Waals surface area (Å²) in [7, 11) is 1.41. The summed E-state index contributed by atoms with van der Waals surface area (Å²) in [5, 5.41) is 0. The fourth-order valence-electron chi connectivity index (χ4n) is 2.99. The number of carbonyl (C=O) groups is 2. The van der Waals surface area contributed by atoms with Crippen LogP contribution in [-0.4, -0.2) is 54.4 Å². The number of amides is 2. The van der Waals surface area contributed by atoms with E-state index in [1.165, 1.54) is 22.9 Å². The molecule has 2 amide bonds. The predicted octanol–water partition coefficient (Wildman–Crippen LogP) is 1.28. The maximum absolute atomic E-state index is 12.9. The number of aromatic nitrogens is 1. The van der Waals surface area contributed by atoms with E-state index in [0.717, 1.165) is 12.3 Å². The van der Waals surface area contributed by atoms with Crippen LogP contribution in [0.3, 0.4) is 0 Å². The van der Waals surface area contributed by atoms with Gasteiger partial charge in [-0.05, 0) is 12.1 Å². The number of rotatable bonds is 1. The number of hydrogen-bond donors (Lipinski definition) is 0. The minimum absolute atomic E-state index is 0.120. The fourth-order valence-corrected chi connectivity index (χ4v) is 2.99. The van der Waals surface area contributed by atoms with Crippen molar-refractivity contribution < 1.29 is 22.8 Å². The van der Waals surface area contributed by atoms with Crippen LogP contribution in [0.2, 0.25) is 0 Å². The van der Waals surface area contributed by atoms with E-state index in [1.807, 2.05) is 0 Å². The van der Waals surface area contributed by atoms with E-state index in [2.05, 4.69) is 11.6 Å². The Balaban J connectivity index is 1.98. The van der Waals surface area contributed by atoms with Gasteiger partial charge >= 0.3 is 6.18 Å². The zero-order chi connectivity index (χ0) is 17.6. The van der Waals surface area contributed by atoms with Gasteiger partial charge in [0.25, 0.3) is 5.91 Å². The van der Waals surface area contributed by atoms with Gasteiger partial charge in [0.2, 0.25) is 5.91 Å². The summed E-state index contributed by atoms with van der Waals surface area (Å²) in [6.45, 7) is 4.23. The molecule has 1 saturated heterocycles. The minimum atomic E-state index is -4.53. The zero-order valence-electron chi connectivity index (χ0n) is 12.9. The second-order valence-electron chi connectivity index (χ2n) is 5.66. The molecule has 0 N–H and O–H groups in total. The van der Waals surface area contributed by atoms with Gasteiger partial charge in [-0.2, -0.15) is 13.2 Å². The highest BCUT2D eigenvalue weighted by atomic mass is 19.4. The largest absolute Gasteiger partial charge is 0.417 e. The van der Waals surface area contributed by atoms with Crippen LogP contribution < -0.4 is 9.80 Å². The summed E-state index contributed by atoms with van der Waals surface area (Å²) in [6, 6.07) is 0.266. The molecule has 0 radical (unpaired) electrons. The monoisotopic (exact) mass is 340 g/mol. The first-order valence-electron chi connectivity index (χ1n) is 7.27. The highest BCUT2D eigenvalue weighted by Crippen LogP contribution is 2.39. The lowest BCUT2D eigenvalue weighted by molar-refractivity contribution is -0.138. The second-order valence-corrected chi connectivity index (χ2v) is 5.66. The molecule has 0 aromatic carbocycles.